The van der Waals surface area contributed by atoms with Gasteiger partial charge in [-0.2, -0.15) is 0 Å². The van der Waals surface area contributed by atoms with Crippen LogP contribution < -0.4 is 0 Å². The molecule has 1 aliphatic rings. The molecule has 0 atom stereocenters. The summed E-state index contributed by atoms with van der Waals surface area (Å²) in [6.45, 7) is 4.15. The third-order valence-corrected chi connectivity index (χ3v) is 2.81. The molecule has 1 aromatic carbocycles. The van der Waals surface area contributed by atoms with E-state index in [4.69, 9.17) is 6.42 Å². The fraction of sp³-hybridized carbons (Fsp3) is 0.308. The Morgan fingerprint density at radius 2 is 2.19 bits per heavy atom. The highest BCUT2D eigenvalue weighted by Crippen LogP contribution is 2.27. The van der Waals surface area contributed by atoms with Crippen LogP contribution in [0.3, 0.4) is 0 Å². The molecule has 0 fully saturated rings. The molecule has 16 heavy (non-hydrogen) atoms. The van der Waals surface area contributed by atoms with Crippen LogP contribution in [0.2, 0.25) is 0 Å². The smallest absolute Gasteiger partial charge is 0.254 e. The number of nitrogens with zero attached hydrogens (tertiary/aromatic N) is 1. The maximum atomic E-state index is 13.7. The molecule has 0 N–H and O–H groups in total. The Hall–Kier alpha value is -1.82. The molecular formula is C13H12FNO. The SMILES string of the molecule is C#Cc1cc(F)c2c(c1)C(=O)N(C(C)C)C2. The van der Waals surface area contributed by atoms with Gasteiger partial charge in [-0.05, 0) is 26.0 Å². The topological polar surface area (TPSA) is 20.3 Å². The Balaban J connectivity index is 2.53. The molecule has 1 heterocycles. The lowest BCUT2D eigenvalue weighted by Crippen LogP contribution is -2.30. The van der Waals surface area contributed by atoms with Crippen molar-refractivity contribution in [1.29, 1.82) is 0 Å². The van der Waals surface area contributed by atoms with E-state index >= 15 is 0 Å². The second-order valence-corrected chi connectivity index (χ2v) is 4.16. The van der Waals surface area contributed by atoms with Gasteiger partial charge >= 0.3 is 0 Å². The molecule has 0 bridgehead atoms. The summed E-state index contributed by atoms with van der Waals surface area (Å²) in [4.78, 5) is 13.6. The molecule has 0 unspecified atom stereocenters. The molecule has 0 saturated heterocycles. The van der Waals surface area contributed by atoms with Crippen molar-refractivity contribution < 1.29 is 9.18 Å². The maximum absolute atomic E-state index is 13.7. The summed E-state index contributed by atoms with van der Waals surface area (Å²) < 4.78 is 13.7. The van der Waals surface area contributed by atoms with E-state index < -0.39 is 0 Å². The van der Waals surface area contributed by atoms with Crippen LogP contribution in [0.4, 0.5) is 4.39 Å². The zero-order chi connectivity index (χ0) is 11.9. The number of terminal acetylenes is 1. The number of hydrogen-bond donors (Lipinski definition) is 0. The Bertz CT molecular complexity index is 499. The van der Waals surface area contributed by atoms with E-state index in [-0.39, 0.29) is 17.8 Å². The number of halogens is 1. The fourth-order valence-corrected chi connectivity index (χ4v) is 1.89. The van der Waals surface area contributed by atoms with Crippen LogP contribution >= 0.6 is 0 Å². The first-order chi connectivity index (χ1) is 7.54. The minimum Gasteiger partial charge on any atom is -0.332 e. The van der Waals surface area contributed by atoms with E-state index in [1.54, 1.807) is 11.0 Å². The summed E-state index contributed by atoms with van der Waals surface area (Å²) in [5, 5.41) is 0. The molecule has 1 aliphatic heterocycles. The molecule has 1 amide bonds. The lowest BCUT2D eigenvalue weighted by atomic mass is 10.1. The molecule has 0 spiro atoms. The minimum absolute atomic E-state index is 0.0635. The summed E-state index contributed by atoms with van der Waals surface area (Å²) >= 11 is 0. The van der Waals surface area contributed by atoms with Crippen LogP contribution in [-0.4, -0.2) is 16.8 Å². The first kappa shape index (κ1) is 10.7. The monoisotopic (exact) mass is 217 g/mol. The van der Waals surface area contributed by atoms with Gasteiger partial charge in [-0.3, -0.25) is 4.79 Å². The predicted molar refractivity (Wildman–Crippen MR) is 59.3 cm³/mol. The number of fused-ring (bicyclic) bond motifs is 1. The summed E-state index contributed by atoms with van der Waals surface area (Å²) in [7, 11) is 0. The molecular weight excluding hydrogens is 205 g/mol. The van der Waals surface area contributed by atoms with Gasteiger partial charge in [0.05, 0.1) is 0 Å². The van der Waals surface area contributed by atoms with Gasteiger partial charge < -0.3 is 4.90 Å². The van der Waals surface area contributed by atoms with Crippen molar-refractivity contribution in [3.8, 4) is 12.3 Å². The Kier molecular flexibility index (Phi) is 2.43. The fourth-order valence-electron chi connectivity index (χ4n) is 1.89. The molecule has 1 aromatic rings. The van der Waals surface area contributed by atoms with Crippen molar-refractivity contribution in [3.63, 3.8) is 0 Å². The highest BCUT2D eigenvalue weighted by atomic mass is 19.1. The highest BCUT2D eigenvalue weighted by molar-refractivity contribution is 5.99. The van der Waals surface area contributed by atoms with Gasteiger partial charge in [0, 0.05) is 29.3 Å². The number of carbonyl (C=O) groups excluding carboxylic acids is 1. The third kappa shape index (κ3) is 1.47. The first-order valence-corrected chi connectivity index (χ1v) is 5.14. The van der Waals surface area contributed by atoms with Crippen molar-refractivity contribution in [2.24, 2.45) is 0 Å². The van der Waals surface area contributed by atoms with E-state index in [2.05, 4.69) is 5.92 Å². The van der Waals surface area contributed by atoms with Crippen LogP contribution in [0.1, 0.15) is 35.3 Å². The molecule has 2 nitrogen and oxygen atoms in total. The van der Waals surface area contributed by atoms with Gasteiger partial charge in [0.1, 0.15) is 5.82 Å². The largest absolute Gasteiger partial charge is 0.332 e. The van der Waals surface area contributed by atoms with E-state index in [9.17, 15) is 9.18 Å². The summed E-state index contributed by atoms with van der Waals surface area (Å²) in [6, 6.07) is 2.95. The summed E-state index contributed by atoms with van der Waals surface area (Å²) in [6.07, 6.45) is 5.21. The zero-order valence-electron chi connectivity index (χ0n) is 9.25. The third-order valence-electron chi connectivity index (χ3n) is 2.81. The summed E-state index contributed by atoms with van der Waals surface area (Å²) in [5.74, 6) is 1.83. The van der Waals surface area contributed by atoms with E-state index in [1.165, 1.54) is 6.07 Å². The number of rotatable bonds is 1. The molecule has 0 radical (unpaired) electrons. The number of benzene rings is 1. The van der Waals surface area contributed by atoms with Gasteiger partial charge in [0.25, 0.3) is 5.91 Å². The molecule has 3 heteroatoms. The van der Waals surface area contributed by atoms with Gasteiger partial charge in [0.2, 0.25) is 0 Å². The van der Waals surface area contributed by atoms with Gasteiger partial charge in [0.15, 0.2) is 0 Å². The van der Waals surface area contributed by atoms with Crippen molar-refractivity contribution in [2.75, 3.05) is 0 Å². The number of carbonyl (C=O) groups is 1. The minimum atomic E-state index is -0.387. The van der Waals surface area contributed by atoms with E-state index in [0.29, 0.717) is 23.2 Å². The quantitative estimate of drug-likeness (QED) is 0.660. The van der Waals surface area contributed by atoms with Gasteiger partial charge in [-0.1, -0.05) is 5.92 Å². The normalized spacial score (nSPS) is 14.2. The standard InChI is InChI=1S/C13H12FNO/c1-4-9-5-10-11(12(14)6-9)7-15(8(2)3)13(10)16/h1,5-6,8H,7H2,2-3H3. The van der Waals surface area contributed by atoms with Crippen molar-refractivity contribution >= 4 is 5.91 Å². The van der Waals surface area contributed by atoms with Crippen LogP contribution in [-0.2, 0) is 6.54 Å². The molecule has 2 rings (SSSR count). The van der Waals surface area contributed by atoms with E-state index in [0.717, 1.165) is 0 Å². The second-order valence-electron chi connectivity index (χ2n) is 4.16. The van der Waals surface area contributed by atoms with Crippen LogP contribution in [0.25, 0.3) is 0 Å². The zero-order valence-corrected chi connectivity index (χ0v) is 9.25. The van der Waals surface area contributed by atoms with Crippen LogP contribution in [0, 0.1) is 18.2 Å². The predicted octanol–water partition coefficient (Wildman–Crippen LogP) is 2.17. The maximum Gasteiger partial charge on any atom is 0.254 e. The van der Waals surface area contributed by atoms with E-state index in [1.807, 2.05) is 13.8 Å². The lowest BCUT2D eigenvalue weighted by molar-refractivity contribution is 0.0730. The number of amides is 1. The Morgan fingerprint density at radius 1 is 1.50 bits per heavy atom. The summed E-state index contributed by atoms with van der Waals surface area (Å²) in [5.41, 5.74) is 1.27. The average molecular weight is 217 g/mol. The average Bonchev–Trinajstić information content (AvgIpc) is 2.57. The van der Waals surface area contributed by atoms with Gasteiger partial charge in [-0.15, -0.1) is 6.42 Å². The molecule has 0 aromatic heterocycles. The van der Waals surface area contributed by atoms with Crippen LogP contribution in [0.15, 0.2) is 12.1 Å². The van der Waals surface area contributed by atoms with Crippen molar-refractivity contribution in [2.45, 2.75) is 26.4 Å². The number of hydrogen-bond acceptors (Lipinski definition) is 1. The van der Waals surface area contributed by atoms with Crippen molar-refractivity contribution in [3.05, 3.63) is 34.6 Å². The van der Waals surface area contributed by atoms with Gasteiger partial charge in [-0.25, -0.2) is 4.39 Å². The van der Waals surface area contributed by atoms with Crippen LogP contribution in [0.5, 0.6) is 0 Å². The van der Waals surface area contributed by atoms with Crippen molar-refractivity contribution in [1.82, 2.24) is 4.90 Å². The Labute approximate surface area is 94.1 Å². The lowest BCUT2D eigenvalue weighted by Gasteiger charge is -2.19. The Morgan fingerprint density at radius 3 is 2.75 bits per heavy atom. The molecule has 82 valence electrons. The molecule has 0 saturated carbocycles. The first-order valence-electron chi connectivity index (χ1n) is 5.14. The highest BCUT2D eigenvalue weighted by Gasteiger charge is 2.31. The molecule has 0 aliphatic carbocycles. The second kappa shape index (κ2) is 3.64.